The molecule has 0 saturated heterocycles. The Kier molecular flexibility index (Phi) is 2.82. The van der Waals surface area contributed by atoms with Gasteiger partial charge in [0.2, 0.25) is 5.56 Å². The van der Waals surface area contributed by atoms with Gasteiger partial charge in [0, 0.05) is 34.2 Å². The fourth-order valence-corrected chi connectivity index (χ4v) is 2.34. The molecule has 0 radical (unpaired) electrons. The first-order valence-corrected chi connectivity index (χ1v) is 6.44. The molecule has 90 valence electrons. The number of anilines is 1. The molecule has 18 heavy (non-hydrogen) atoms. The Labute approximate surface area is 107 Å². The van der Waals surface area contributed by atoms with Crippen LogP contribution in [-0.4, -0.2) is 9.97 Å². The van der Waals surface area contributed by atoms with E-state index in [2.05, 4.69) is 15.3 Å². The van der Waals surface area contributed by atoms with Gasteiger partial charge in [-0.3, -0.25) is 4.79 Å². The zero-order valence-corrected chi connectivity index (χ0v) is 10.3. The van der Waals surface area contributed by atoms with E-state index in [4.69, 9.17) is 0 Å². The number of fused-ring (bicyclic) bond motifs is 1. The standard InChI is InChI=1S/C13H11N3OS/c17-12-4-1-9-7-10(2-3-11(9)16-12)15-8-13-14-5-6-18-13/h1-7,15H,8H2,(H,16,17). The summed E-state index contributed by atoms with van der Waals surface area (Å²) in [4.78, 5) is 18.2. The highest BCUT2D eigenvalue weighted by Crippen LogP contribution is 2.17. The Bertz CT molecular complexity index is 718. The van der Waals surface area contributed by atoms with E-state index in [0.29, 0.717) is 6.54 Å². The molecule has 0 aliphatic carbocycles. The summed E-state index contributed by atoms with van der Waals surface area (Å²) in [5, 5.41) is 7.34. The minimum absolute atomic E-state index is 0.0778. The van der Waals surface area contributed by atoms with Crippen LogP contribution < -0.4 is 10.9 Å². The van der Waals surface area contributed by atoms with E-state index in [1.165, 1.54) is 6.07 Å². The monoisotopic (exact) mass is 257 g/mol. The molecule has 0 unspecified atom stereocenters. The minimum Gasteiger partial charge on any atom is -0.379 e. The van der Waals surface area contributed by atoms with Gasteiger partial charge in [0.15, 0.2) is 0 Å². The summed E-state index contributed by atoms with van der Waals surface area (Å²) in [6, 6.07) is 9.22. The first kappa shape index (κ1) is 11.0. The molecule has 2 N–H and O–H groups in total. The normalized spacial score (nSPS) is 10.7. The van der Waals surface area contributed by atoms with Crippen LogP contribution in [0, 0.1) is 0 Å². The first-order valence-electron chi connectivity index (χ1n) is 5.56. The largest absolute Gasteiger partial charge is 0.379 e. The van der Waals surface area contributed by atoms with Crippen LogP contribution in [-0.2, 0) is 6.54 Å². The topological polar surface area (TPSA) is 57.8 Å². The highest BCUT2D eigenvalue weighted by molar-refractivity contribution is 7.09. The number of nitrogens with zero attached hydrogens (tertiary/aromatic N) is 1. The van der Waals surface area contributed by atoms with Crippen molar-refractivity contribution in [3.05, 3.63) is 57.3 Å². The maximum atomic E-state index is 11.2. The molecule has 0 bridgehead atoms. The third-order valence-electron chi connectivity index (χ3n) is 2.65. The van der Waals surface area contributed by atoms with Crippen molar-refractivity contribution in [3.63, 3.8) is 0 Å². The number of nitrogens with one attached hydrogen (secondary N) is 2. The van der Waals surface area contributed by atoms with Crippen molar-refractivity contribution in [1.82, 2.24) is 9.97 Å². The highest BCUT2D eigenvalue weighted by atomic mass is 32.1. The number of aromatic amines is 1. The molecule has 1 aromatic carbocycles. The van der Waals surface area contributed by atoms with Crippen molar-refractivity contribution in [3.8, 4) is 0 Å². The summed E-state index contributed by atoms with van der Waals surface area (Å²) in [7, 11) is 0. The summed E-state index contributed by atoms with van der Waals surface area (Å²) in [5.74, 6) is 0. The molecule has 3 rings (SSSR count). The van der Waals surface area contributed by atoms with Gasteiger partial charge in [-0.15, -0.1) is 11.3 Å². The van der Waals surface area contributed by atoms with Crippen molar-refractivity contribution in [2.45, 2.75) is 6.54 Å². The lowest BCUT2D eigenvalue weighted by atomic mass is 10.2. The Balaban J connectivity index is 1.85. The third-order valence-corrected chi connectivity index (χ3v) is 3.43. The van der Waals surface area contributed by atoms with E-state index in [1.54, 1.807) is 17.5 Å². The van der Waals surface area contributed by atoms with Gasteiger partial charge in [0.05, 0.1) is 6.54 Å². The average molecular weight is 257 g/mol. The molecule has 0 amide bonds. The molecule has 0 fully saturated rings. The zero-order chi connectivity index (χ0) is 12.4. The molecule has 0 aliphatic rings. The molecule has 2 aromatic heterocycles. The first-order chi connectivity index (χ1) is 8.81. The van der Waals surface area contributed by atoms with Gasteiger partial charge in [0.25, 0.3) is 0 Å². The number of thiazole rings is 1. The lowest BCUT2D eigenvalue weighted by molar-refractivity contribution is 1.10. The predicted molar refractivity (Wildman–Crippen MR) is 74.0 cm³/mol. The smallest absolute Gasteiger partial charge is 0.248 e. The molecular formula is C13H11N3OS. The molecule has 2 heterocycles. The van der Waals surface area contributed by atoms with Gasteiger partial charge in [-0.2, -0.15) is 0 Å². The predicted octanol–water partition coefficient (Wildman–Crippen LogP) is 2.60. The Morgan fingerprint density at radius 3 is 3.06 bits per heavy atom. The highest BCUT2D eigenvalue weighted by Gasteiger charge is 1.99. The van der Waals surface area contributed by atoms with Crippen LogP contribution in [0.5, 0.6) is 0 Å². The number of hydrogen-bond acceptors (Lipinski definition) is 4. The summed E-state index contributed by atoms with van der Waals surface area (Å²) >= 11 is 1.63. The summed E-state index contributed by atoms with van der Waals surface area (Å²) < 4.78 is 0. The summed E-state index contributed by atoms with van der Waals surface area (Å²) in [6.07, 6.45) is 1.80. The third kappa shape index (κ3) is 2.26. The fourth-order valence-electron chi connectivity index (χ4n) is 1.78. The second-order valence-electron chi connectivity index (χ2n) is 3.90. The number of H-pyrrole nitrogens is 1. The van der Waals surface area contributed by atoms with E-state index in [1.807, 2.05) is 29.6 Å². The second-order valence-corrected chi connectivity index (χ2v) is 4.88. The van der Waals surface area contributed by atoms with Crippen LogP contribution in [0.4, 0.5) is 5.69 Å². The molecular weight excluding hydrogens is 246 g/mol. The number of pyridine rings is 1. The number of aromatic nitrogens is 2. The van der Waals surface area contributed by atoms with Gasteiger partial charge in [-0.25, -0.2) is 4.98 Å². The Hall–Kier alpha value is -2.14. The number of hydrogen-bond donors (Lipinski definition) is 2. The van der Waals surface area contributed by atoms with Crippen LogP contribution in [0.25, 0.3) is 10.9 Å². The number of rotatable bonds is 3. The van der Waals surface area contributed by atoms with Crippen LogP contribution >= 0.6 is 11.3 Å². The lowest BCUT2D eigenvalue weighted by Crippen LogP contribution is -2.03. The molecule has 4 nitrogen and oxygen atoms in total. The van der Waals surface area contributed by atoms with Crippen molar-refractivity contribution in [1.29, 1.82) is 0 Å². The van der Waals surface area contributed by atoms with Gasteiger partial charge < -0.3 is 10.3 Å². The lowest BCUT2D eigenvalue weighted by Gasteiger charge is -2.05. The van der Waals surface area contributed by atoms with Crippen LogP contribution in [0.15, 0.2) is 46.7 Å². The summed E-state index contributed by atoms with van der Waals surface area (Å²) in [6.45, 7) is 0.715. The van der Waals surface area contributed by atoms with E-state index in [0.717, 1.165) is 21.6 Å². The van der Waals surface area contributed by atoms with Gasteiger partial charge in [-0.1, -0.05) is 0 Å². The van der Waals surface area contributed by atoms with Crippen LogP contribution in [0.1, 0.15) is 5.01 Å². The maximum absolute atomic E-state index is 11.2. The molecule has 0 aliphatic heterocycles. The van der Waals surface area contributed by atoms with Crippen molar-refractivity contribution >= 4 is 27.9 Å². The quantitative estimate of drug-likeness (QED) is 0.758. The molecule has 3 aromatic rings. The number of benzene rings is 1. The fraction of sp³-hybridized carbons (Fsp3) is 0.0769. The summed E-state index contributed by atoms with van der Waals surface area (Å²) in [5.41, 5.74) is 1.79. The Morgan fingerprint density at radius 1 is 1.28 bits per heavy atom. The minimum atomic E-state index is -0.0778. The van der Waals surface area contributed by atoms with E-state index in [9.17, 15) is 4.79 Å². The SMILES string of the molecule is O=c1ccc2cc(NCc3nccs3)ccc2[nH]1. The van der Waals surface area contributed by atoms with Crippen molar-refractivity contribution in [2.75, 3.05) is 5.32 Å². The van der Waals surface area contributed by atoms with Crippen molar-refractivity contribution < 1.29 is 0 Å². The second kappa shape index (κ2) is 4.62. The molecule has 0 spiro atoms. The van der Waals surface area contributed by atoms with Gasteiger partial charge in [0.1, 0.15) is 5.01 Å². The van der Waals surface area contributed by atoms with Crippen LogP contribution in [0.3, 0.4) is 0 Å². The average Bonchev–Trinajstić information content (AvgIpc) is 2.89. The van der Waals surface area contributed by atoms with E-state index in [-0.39, 0.29) is 5.56 Å². The van der Waals surface area contributed by atoms with Gasteiger partial charge >= 0.3 is 0 Å². The zero-order valence-electron chi connectivity index (χ0n) is 9.51. The maximum Gasteiger partial charge on any atom is 0.248 e. The van der Waals surface area contributed by atoms with E-state index >= 15 is 0 Å². The van der Waals surface area contributed by atoms with Crippen molar-refractivity contribution in [2.24, 2.45) is 0 Å². The van der Waals surface area contributed by atoms with Gasteiger partial charge in [-0.05, 0) is 24.3 Å². The van der Waals surface area contributed by atoms with Crippen LogP contribution in [0.2, 0.25) is 0 Å². The van der Waals surface area contributed by atoms with E-state index < -0.39 is 0 Å². The molecule has 5 heteroatoms. The molecule has 0 saturated carbocycles. The molecule has 0 atom stereocenters. The Morgan fingerprint density at radius 2 is 2.22 bits per heavy atom.